The van der Waals surface area contributed by atoms with Crippen molar-refractivity contribution in [3.8, 4) is 17.2 Å². The Labute approximate surface area is 189 Å². The van der Waals surface area contributed by atoms with Gasteiger partial charge in [0.25, 0.3) is 0 Å². The van der Waals surface area contributed by atoms with Gasteiger partial charge in [-0.15, -0.1) is 0 Å². The van der Waals surface area contributed by atoms with Gasteiger partial charge in [-0.3, -0.25) is 19.2 Å². The number of methoxy groups -OCH3 is 1. The topological polar surface area (TPSA) is 125 Å². The second-order valence-corrected chi connectivity index (χ2v) is 10.1. The molecule has 4 atom stereocenters. The summed E-state index contributed by atoms with van der Waals surface area (Å²) < 4.78 is 22.3. The van der Waals surface area contributed by atoms with Crippen molar-refractivity contribution in [1.82, 2.24) is 0 Å². The van der Waals surface area contributed by atoms with E-state index in [1.54, 1.807) is 26.0 Å². The number of Topliss-reactive ketones (excluding diaryl/α,β-unsaturated/α-hetero) is 2. The summed E-state index contributed by atoms with van der Waals surface area (Å²) in [6.45, 7) is 6.82. The third kappa shape index (κ3) is 2.59. The molecule has 9 nitrogen and oxygen atoms in total. The number of phenols is 1. The number of carbonyl (C=O) groups is 4. The molecule has 4 aliphatic rings. The quantitative estimate of drug-likeness (QED) is 0.500. The van der Waals surface area contributed by atoms with Crippen molar-refractivity contribution in [2.45, 2.75) is 51.4 Å². The fraction of sp³-hybridized carbons (Fsp3) is 0.500. The van der Waals surface area contributed by atoms with Gasteiger partial charge in [0, 0.05) is 17.9 Å². The Kier molecular flexibility index (Phi) is 4.14. The number of benzene rings is 1. The first-order valence-corrected chi connectivity index (χ1v) is 10.7. The normalized spacial score (nSPS) is 32.4. The highest BCUT2D eigenvalue weighted by atomic mass is 16.6. The average Bonchev–Trinajstić information content (AvgIpc) is 3.11. The molecule has 1 spiro atoms. The van der Waals surface area contributed by atoms with Crippen LogP contribution in [0.1, 0.15) is 50.0 Å². The Bertz CT molecular complexity index is 1170. The van der Waals surface area contributed by atoms with Crippen LogP contribution in [0.4, 0.5) is 0 Å². The van der Waals surface area contributed by atoms with Crippen LogP contribution >= 0.6 is 0 Å². The van der Waals surface area contributed by atoms with Gasteiger partial charge < -0.3 is 24.1 Å². The Morgan fingerprint density at radius 1 is 1.15 bits per heavy atom. The number of ether oxygens (including phenoxy) is 4. The van der Waals surface area contributed by atoms with Gasteiger partial charge in [0.2, 0.25) is 5.78 Å². The third-order valence-electron chi connectivity index (χ3n) is 7.35. The van der Waals surface area contributed by atoms with Gasteiger partial charge in [-0.25, -0.2) is 0 Å². The van der Waals surface area contributed by atoms with Crippen LogP contribution in [0.3, 0.4) is 0 Å². The van der Waals surface area contributed by atoms with E-state index in [2.05, 4.69) is 0 Å². The summed E-state index contributed by atoms with van der Waals surface area (Å²) in [7, 11) is 1.15. The van der Waals surface area contributed by atoms with E-state index in [1.807, 2.05) is 13.8 Å². The Balaban J connectivity index is 1.60. The first-order chi connectivity index (χ1) is 15.3. The lowest BCUT2D eigenvalue weighted by Crippen LogP contribution is -2.51. The lowest BCUT2D eigenvalue weighted by Gasteiger charge is -2.35. The molecule has 9 heteroatoms. The maximum Gasteiger partial charge on any atom is 0.322 e. The van der Waals surface area contributed by atoms with E-state index < -0.39 is 58.1 Å². The first-order valence-electron chi connectivity index (χ1n) is 10.7. The maximum atomic E-state index is 13.7. The summed E-state index contributed by atoms with van der Waals surface area (Å²) in [6.07, 6.45) is 2.12. The van der Waals surface area contributed by atoms with Crippen molar-refractivity contribution >= 4 is 29.6 Å². The van der Waals surface area contributed by atoms with Crippen molar-refractivity contribution < 1.29 is 43.2 Å². The van der Waals surface area contributed by atoms with E-state index in [0.717, 1.165) is 7.11 Å². The molecule has 2 unspecified atom stereocenters. The van der Waals surface area contributed by atoms with Gasteiger partial charge in [0.1, 0.15) is 28.4 Å². The van der Waals surface area contributed by atoms with Crippen LogP contribution in [-0.2, 0) is 23.9 Å². The van der Waals surface area contributed by atoms with Gasteiger partial charge >= 0.3 is 11.9 Å². The SMILES string of the molecule is COC(=O)[C@H]1C(=O)O[C@@]2(CC3C(=O)c4c(O)cc5c(c4OC3C2=O)C=CC(C)(C)O5)C1(C)C. The largest absolute Gasteiger partial charge is 0.507 e. The minimum Gasteiger partial charge on any atom is -0.507 e. The maximum absolute atomic E-state index is 13.7. The molecule has 3 heterocycles. The van der Waals surface area contributed by atoms with Crippen LogP contribution in [0.15, 0.2) is 12.1 Å². The highest BCUT2D eigenvalue weighted by Crippen LogP contribution is 2.59. The molecular weight excluding hydrogens is 432 g/mol. The number of rotatable bonds is 1. The zero-order valence-corrected chi connectivity index (χ0v) is 18.9. The standard InChI is InChI=1S/C24H24O9/c1-22(2)7-6-10-13(32-22)8-12(25)14-16(26)11-9-24(19(27)18(11)31-17(10)14)23(3,4)15(20(28)30-5)21(29)33-24/h6-8,11,15,18,25H,9H2,1-5H3/t11?,15-,18?,24+/m0/s1. The molecule has 174 valence electrons. The molecule has 0 amide bonds. The monoisotopic (exact) mass is 456 g/mol. The number of carbonyl (C=O) groups excluding carboxylic acids is 4. The molecule has 1 saturated carbocycles. The first kappa shape index (κ1) is 21.5. The van der Waals surface area contributed by atoms with Crippen molar-refractivity contribution in [1.29, 1.82) is 0 Å². The average molecular weight is 456 g/mol. The van der Waals surface area contributed by atoms with E-state index in [0.29, 0.717) is 11.3 Å². The Morgan fingerprint density at radius 2 is 1.85 bits per heavy atom. The second kappa shape index (κ2) is 6.36. The molecule has 3 aliphatic heterocycles. The fourth-order valence-corrected chi connectivity index (χ4v) is 5.52. The number of hydrogen-bond donors (Lipinski definition) is 1. The van der Waals surface area contributed by atoms with Crippen LogP contribution in [0.25, 0.3) is 6.08 Å². The zero-order valence-electron chi connectivity index (χ0n) is 18.9. The number of esters is 2. The molecule has 1 aromatic rings. The van der Waals surface area contributed by atoms with Crippen LogP contribution in [0, 0.1) is 17.3 Å². The summed E-state index contributed by atoms with van der Waals surface area (Å²) in [5.41, 5.74) is -3.25. The van der Waals surface area contributed by atoms with E-state index in [1.165, 1.54) is 6.07 Å². The fourth-order valence-electron chi connectivity index (χ4n) is 5.52. The van der Waals surface area contributed by atoms with Crippen molar-refractivity contribution in [2.24, 2.45) is 17.3 Å². The van der Waals surface area contributed by atoms with Gasteiger partial charge in [-0.2, -0.15) is 0 Å². The van der Waals surface area contributed by atoms with Crippen LogP contribution < -0.4 is 9.47 Å². The van der Waals surface area contributed by atoms with Crippen LogP contribution in [0.2, 0.25) is 0 Å². The molecule has 5 rings (SSSR count). The van der Waals surface area contributed by atoms with E-state index in [4.69, 9.17) is 18.9 Å². The summed E-state index contributed by atoms with van der Waals surface area (Å²) in [5.74, 6) is -5.00. The molecule has 1 saturated heterocycles. The lowest BCUT2D eigenvalue weighted by molar-refractivity contribution is -0.162. The molecule has 0 aromatic heterocycles. The summed E-state index contributed by atoms with van der Waals surface area (Å²) in [4.78, 5) is 52.1. The molecule has 1 aromatic carbocycles. The highest BCUT2D eigenvalue weighted by Gasteiger charge is 2.74. The number of fused-ring (bicyclic) bond motifs is 4. The lowest BCUT2D eigenvalue weighted by atomic mass is 9.67. The number of phenolic OH excluding ortho intramolecular Hbond substituents is 1. The number of hydrogen-bond acceptors (Lipinski definition) is 9. The van der Waals surface area contributed by atoms with Crippen molar-refractivity contribution in [3.05, 3.63) is 23.3 Å². The zero-order chi connectivity index (χ0) is 24.1. The summed E-state index contributed by atoms with van der Waals surface area (Å²) in [6, 6.07) is 1.36. The molecular formula is C24H24O9. The Morgan fingerprint density at radius 3 is 2.52 bits per heavy atom. The smallest absolute Gasteiger partial charge is 0.322 e. The Hall–Kier alpha value is -3.36. The van der Waals surface area contributed by atoms with Crippen molar-refractivity contribution in [3.63, 3.8) is 0 Å². The molecule has 0 bridgehead atoms. The minimum atomic E-state index is -1.74. The molecule has 2 fully saturated rings. The van der Waals surface area contributed by atoms with Gasteiger partial charge in [0.05, 0.1) is 18.6 Å². The van der Waals surface area contributed by atoms with E-state index in [-0.39, 0.29) is 23.5 Å². The predicted molar refractivity (Wildman–Crippen MR) is 112 cm³/mol. The second-order valence-electron chi connectivity index (χ2n) is 10.1. The van der Waals surface area contributed by atoms with Crippen LogP contribution in [-0.4, -0.2) is 53.0 Å². The minimum absolute atomic E-state index is 0.0422. The van der Waals surface area contributed by atoms with E-state index >= 15 is 0 Å². The molecule has 1 aliphatic carbocycles. The highest BCUT2D eigenvalue weighted by molar-refractivity contribution is 6.13. The number of ketones is 2. The molecule has 1 N–H and O–H groups in total. The predicted octanol–water partition coefficient (Wildman–Crippen LogP) is 2.22. The van der Waals surface area contributed by atoms with Gasteiger partial charge in [-0.05, 0) is 26.0 Å². The third-order valence-corrected chi connectivity index (χ3v) is 7.35. The van der Waals surface area contributed by atoms with Gasteiger partial charge in [-0.1, -0.05) is 13.8 Å². The molecule has 0 radical (unpaired) electrons. The van der Waals surface area contributed by atoms with E-state index in [9.17, 15) is 24.3 Å². The summed E-state index contributed by atoms with van der Waals surface area (Å²) in [5, 5.41) is 10.7. The molecule has 33 heavy (non-hydrogen) atoms. The summed E-state index contributed by atoms with van der Waals surface area (Å²) >= 11 is 0. The van der Waals surface area contributed by atoms with Gasteiger partial charge in [0.15, 0.2) is 23.4 Å². The van der Waals surface area contributed by atoms with Crippen molar-refractivity contribution in [2.75, 3.05) is 7.11 Å². The number of aromatic hydroxyl groups is 1. The van der Waals surface area contributed by atoms with Crippen LogP contribution in [0.5, 0.6) is 17.2 Å².